The van der Waals surface area contributed by atoms with Crippen molar-refractivity contribution in [1.29, 1.82) is 5.26 Å². The van der Waals surface area contributed by atoms with Gasteiger partial charge in [0.2, 0.25) is 0 Å². The highest BCUT2D eigenvalue weighted by Gasteiger charge is 2.30. The predicted octanol–water partition coefficient (Wildman–Crippen LogP) is 4.80. The molecule has 2 N–H and O–H groups in total. The normalized spacial score (nSPS) is 11.3. The average molecular weight is 398 g/mol. The number of halogens is 4. The second-order valence-electron chi connectivity index (χ2n) is 5.11. The number of alkyl halides is 3. The summed E-state index contributed by atoms with van der Waals surface area (Å²) in [5, 5.41) is 21.4. The lowest BCUT2D eigenvalue weighted by Crippen LogP contribution is -2.12. The number of benzene rings is 2. The van der Waals surface area contributed by atoms with Crippen molar-refractivity contribution in [2.24, 2.45) is 0 Å². The molecule has 0 fully saturated rings. The van der Waals surface area contributed by atoms with Gasteiger partial charge < -0.3 is 5.11 Å². The molecule has 0 saturated heterocycles. The number of nitrogens with zero attached hydrogens (tertiary/aromatic N) is 2. The third kappa shape index (κ3) is 3.42. The zero-order chi connectivity index (χ0) is 19.1. The molecule has 1 heterocycles. The number of carbonyl (C=O) groups excluding carboxylic acids is 1. The molecule has 0 aliphatic carbocycles. The Bertz CT molecular complexity index is 1070. The molecule has 132 valence electrons. The first kappa shape index (κ1) is 18.0. The van der Waals surface area contributed by atoms with Crippen molar-refractivity contribution in [2.45, 2.75) is 6.18 Å². The number of aromatic nitrogens is 1. The first-order chi connectivity index (χ1) is 12.2. The van der Waals surface area contributed by atoms with Crippen molar-refractivity contribution in [3.63, 3.8) is 0 Å². The van der Waals surface area contributed by atoms with E-state index in [1.165, 1.54) is 18.2 Å². The van der Waals surface area contributed by atoms with Crippen LogP contribution >= 0.6 is 22.9 Å². The fourth-order valence-electron chi connectivity index (χ4n) is 2.18. The molecule has 10 heteroatoms. The quantitative estimate of drug-likeness (QED) is 0.650. The van der Waals surface area contributed by atoms with Crippen LogP contribution in [0, 0.1) is 11.3 Å². The molecule has 0 saturated carbocycles. The fourth-order valence-corrected chi connectivity index (χ4v) is 3.29. The minimum atomic E-state index is -4.48. The summed E-state index contributed by atoms with van der Waals surface area (Å²) in [6, 6.07) is 7.11. The van der Waals surface area contributed by atoms with Crippen LogP contribution in [-0.2, 0) is 6.18 Å². The number of nitrogens with one attached hydrogen (secondary N) is 1. The van der Waals surface area contributed by atoms with E-state index < -0.39 is 23.4 Å². The third-order valence-corrected chi connectivity index (χ3v) is 4.53. The molecule has 2 aromatic carbocycles. The van der Waals surface area contributed by atoms with E-state index in [2.05, 4.69) is 10.3 Å². The summed E-state index contributed by atoms with van der Waals surface area (Å²) in [5.74, 6) is -1.34. The second-order valence-corrected chi connectivity index (χ2v) is 6.58. The van der Waals surface area contributed by atoms with Gasteiger partial charge in [0.1, 0.15) is 11.8 Å². The Morgan fingerprint density at radius 1 is 1.31 bits per heavy atom. The van der Waals surface area contributed by atoms with Gasteiger partial charge in [0.25, 0.3) is 5.91 Å². The Morgan fingerprint density at radius 2 is 2.04 bits per heavy atom. The Kier molecular flexibility index (Phi) is 4.48. The molecule has 5 nitrogen and oxygen atoms in total. The molecule has 0 unspecified atom stereocenters. The van der Waals surface area contributed by atoms with Gasteiger partial charge in [-0.2, -0.15) is 18.4 Å². The van der Waals surface area contributed by atoms with Crippen LogP contribution in [0.15, 0.2) is 30.3 Å². The standard InChI is InChI=1S/C16H7ClF3N3O2S/c17-9-3-7(6-21)13(24)10(5-9)14(25)23-15-22-11-2-1-8(16(18,19)20)4-12(11)26-15/h1-5,24H,(H,22,23,25). The van der Waals surface area contributed by atoms with Crippen LogP contribution in [0.3, 0.4) is 0 Å². The number of aromatic hydroxyl groups is 1. The second kappa shape index (κ2) is 6.48. The highest BCUT2D eigenvalue weighted by atomic mass is 35.5. The maximum absolute atomic E-state index is 12.8. The molecule has 0 radical (unpaired) electrons. The highest BCUT2D eigenvalue weighted by Crippen LogP contribution is 2.35. The van der Waals surface area contributed by atoms with E-state index in [9.17, 15) is 23.1 Å². The number of rotatable bonds is 2. The Balaban J connectivity index is 1.93. The molecular weight excluding hydrogens is 391 g/mol. The van der Waals surface area contributed by atoms with E-state index in [4.69, 9.17) is 16.9 Å². The van der Waals surface area contributed by atoms with Crippen LogP contribution in [-0.4, -0.2) is 16.0 Å². The molecule has 3 aromatic rings. The minimum absolute atomic E-state index is 0.0437. The summed E-state index contributed by atoms with van der Waals surface area (Å²) in [5.41, 5.74) is -0.963. The van der Waals surface area contributed by atoms with Gasteiger partial charge in [-0.15, -0.1) is 0 Å². The molecule has 0 atom stereocenters. The monoisotopic (exact) mass is 397 g/mol. The molecule has 0 aliphatic rings. The molecule has 1 aromatic heterocycles. The lowest BCUT2D eigenvalue weighted by Gasteiger charge is -2.06. The predicted molar refractivity (Wildman–Crippen MR) is 90.4 cm³/mol. The van der Waals surface area contributed by atoms with E-state index in [0.29, 0.717) is 0 Å². The van der Waals surface area contributed by atoms with Crippen molar-refractivity contribution in [3.05, 3.63) is 52.0 Å². The highest BCUT2D eigenvalue weighted by molar-refractivity contribution is 7.22. The first-order valence-electron chi connectivity index (χ1n) is 6.91. The van der Waals surface area contributed by atoms with Crippen molar-refractivity contribution in [3.8, 4) is 11.8 Å². The van der Waals surface area contributed by atoms with Gasteiger partial charge in [0.15, 0.2) is 5.13 Å². The van der Waals surface area contributed by atoms with Crippen LogP contribution in [0.1, 0.15) is 21.5 Å². The largest absolute Gasteiger partial charge is 0.506 e. The van der Waals surface area contributed by atoms with Gasteiger partial charge in [0.05, 0.1) is 26.9 Å². The van der Waals surface area contributed by atoms with Crippen molar-refractivity contribution < 1.29 is 23.1 Å². The third-order valence-electron chi connectivity index (χ3n) is 3.38. The number of phenolic OH excluding ortho intramolecular Hbond substituents is 1. The average Bonchev–Trinajstić information content (AvgIpc) is 2.96. The van der Waals surface area contributed by atoms with Crippen LogP contribution in [0.4, 0.5) is 18.3 Å². The van der Waals surface area contributed by atoms with Gasteiger partial charge in [-0.1, -0.05) is 22.9 Å². The first-order valence-corrected chi connectivity index (χ1v) is 8.10. The summed E-state index contributed by atoms with van der Waals surface area (Å²) < 4.78 is 38.5. The minimum Gasteiger partial charge on any atom is -0.506 e. The number of fused-ring (bicyclic) bond motifs is 1. The number of thiazole rings is 1. The van der Waals surface area contributed by atoms with E-state index in [0.717, 1.165) is 23.5 Å². The van der Waals surface area contributed by atoms with Gasteiger partial charge in [-0.25, -0.2) is 4.98 Å². The van der Waals surface area contributed by atoms with E-state index in [1.807, 2.05) is 0 Å². The SMILES string of the molecule is N#Cc1cc(Cl)cc(C(=O)Nc2nc3ccc(C(F)(F)F)cc3s2)c1O. The van der Waals surface area contributed by atoms with Crippen LogP contribution in [0.2, 0.25) is 5.02 Å². The summed E-state index contributed by atoms with van der Waals surface area (Å²) in [6.07, 6.45) is -4.48. The molecule has 0 aliphatic heterocycles. The Hall–Kier alpha value is -2.83. The smallest absolute Gasteiger partial charge is 0.416 e. The van der Waals surface area contributed by atoms with Gasteiger partial charge in [-0.3, -0.25) is 10.1 Å². The van der Waals surface area contributed by atoms with Crippen LogP contribution in [0.5, 0.6) is 5.75 Å². The maximum atomic E-state index is 12.8. The number of hydrogen-bond donors (Lipinski definition) is 2. The molecule has 0 spiro atoms. The summed E-state index contributed by atoms with van der Waals surface area (Å²) in [4.78, 5) is 16.3. The van der Waals surface area contributed by atoms with Gasteiger partial charge in [-0.05, 0) is 30.3 Å². The van der Waals surface area contributed by atoms with E-state index in [-0.39, 0.29) is 31.5 Å². The van der Waals surface area contributed by atoms with Crippen molar-refractivity contribution in [2.75, 3.05) is 5.32 Å². The van der Waals surface area contributed by atoms with Crippen molar-refractivity contribution >= 4 is 44.2 Å². The summed E-state index contributed by atoms with van der Waals surface area (Å²) in [7, 11) is 0. The number of nitriles is 1. The topological polar surface area (TPSA) is 86.0 Å². The van der Waals surface area contributed by atoms with E-state index >= 15 is 0 Å². The number of carbonyl (C=O) groups is 1. The number of anilines is 1. The van der Waals surface area contributed by atoms with Gasteiger partial charge in [0, 0.05) is 5.02 Å². The summed E-state index contributed by atoms with van der Waals surface area (Å²) >= 11 is 6.66. The summed E-state index contributed by atoms with van der Waals surface area (Å²) in [6.45, 7) is 0. The zero-order valence-electron chi connectivity index (χ0n) is 12.6. The number of amides is 1. The van der Waals surface area contributed by atoms with Crippen molar-refractivity contribution in [1.82, 2.24) is 4.98 Å². The lowest BCUT2D eigenvalue weighted by molar-refractivity contribution is -0.137. The molecule has 0 bridgehead atoms. The maximum Gasteiger partial charge on any atom is 0.416 e. The number of phenols is 1. The molecular formula is C16H7ClF3N3O2S. The number of hydrogen-bond acceptors (Lipinski definition) is 5. The molecule has 26 heavy (non-hydrogen) atoms. The zero-order valence-corrected chi connectivity index (χ0v) is 14.1. The molecule has 3 rings (SSSR count). The Labute approximate surface area is 153 Å². The fraction of sp³-hybridized carbons (Fsp3) is 0.0625. The van der Waals surface area contributed by atoms with Crippen LogP contribution < -0.4 is 5.32 Å². The molecule has 1 amide bonds. The lowest BCUT2D eigenvalue weighted by atomic mass is 10.1. The Morgan fingerprint density at radius 3 is 2.69 bits per heavy atom. The van der Waals surface area contributed by atoms with Gasteiger partial charge >= 0.3 is 6.18 Å². The van der Waals surface area contributed by atoms with E-state index in [1.54, 1.807) is 6.07 Å². The van der Waals surface area contributed by atoms with Crippen LogP contribution in [0.25, 0.3) is 10.2 Å².